The molecule has 96 valence electrons. The zero-order chi connectivity index (χ0) is 13.5. The monoisotopic (exact) mass is 248 g/mol. The molecule has 0 fully saturated rings. The van der Waals surface area contributed by atoms with Crippen LogP contribution in [-0.2, 0) is 19.1 Å². The number of esters is 1. The van der Waals surface area contributed by atoms with Crippen molar-refractivity contribution in [3.05, 3.63) is 35.9 Å². The van der Waals surface area contributed by atoms with Gasteiger partial charge in [0.05, 0.1) is 7.11 Å². The first kappa shape index (κ1) is 14.1. The molecular formula is C14H16O4. The van der Waals surface area contributed by atoms with E-state index in [2.05, 4.69) is 4.74 Å². The van der Waals surface area contributed by atoms with Crippen molar-refractivity contribution in [3.8, 4) is 0 Å². The van der Waals surface area contributed by atoms with Gasteiger partial charge in [-0.05, 0) is 5.56 Å². The summed E-state index contributed by atoms with van der Waals surface area (Å²) in [6.45, 7) is 1.72. The van der Waals surface area contributed by atoms with Crippen LogP contribution in [0.25, 0.3) is 0 Å². The third-order valence-electron chi connectivity index (χ3n) is 2.89. The van der Waals surface area contributed by atoms with Gasteiger partial charge in [0.2, 0.25) is 0 Å². The lowest BCUT2D eigenvalue weighted by atomic mass is 9.87. The summed E-state index contributed by atoms with van der Waals surface area (Å²) < 4.78 is 4.55. The molecule has 1 rings (SSSR count). The number of rotatable bonds is 6. The Morgan fingerprint density at radius 1 is 1.28 bits per heavy atom. The van der Waals surface area contributed by atoms with Crippen molar-refractivity contribution in [1.82, 2.24) is 0 Å². The van der Waals surface area contributed by atoms with E-state index in [1.165, 1.54) is 7.11 Å². The van der Waals surface area contributed by atoms with Crippen molar-refractivity contribution in [2.75, 3.05) is 7.11 Å². The Balaban J connectivity index is 2.89. The second-order valence-corrected chi connectivity index (χ2v) is 4.01. The fourth-order valence-corrected chi connectivity index (χ4v) is 1.77. The summed E-state index contributed by atoms with van der Waals surface area (Å²) in [5, 5.41) is 0. The third-order valence-corrected chi connectivity index (χ3v) is 2.89. The number of hydrogen-bond acceptors (Lipinski definition) is 4. The van der Waals surface area contributed by atoms with E-state index >= 15 is 0 Å². The maximum atomic E-state index is 12.2. The Labute approximate surface area is 106 Å². The van der Waals surface area contributed by atoms with Gasteiger partial charge in [-0.15, -0.1) is 0 Å². The number of carbonyl (C=O) groups excluding carboxylic acids is 3. The topological polar surface area (TPSA) is 60.4 Å². The van der Waals surface area contributed by atoms with Crippen molar-refractivity contribution < 1.29 is 19.1 Å². The lowest BCUT2D eigenvalue weighted by Gasteiger charge is -2.16. The van der Waals surface area contributed by atoms with E-state index in [0.29, 0.717) is 6.29 Å². The predicted molar refractivity (Wildman–Crippen MR) is 66.1 cm³/mol. The minimum Gasteiger partial charge on any atom is -0.468 e. The van der Waals surface area contributed by atoms with Gasteiger partial charge in [0.1, 0.15) is 12.2 Å². The summed E-state index contributed by atoms with van der Waals surface area (Å²) in [5.74, 6) is -2.40. The largest absolute Gasteiger partial charge is 0.468 e. The molecule has 0 aliphatic carbocycles. The molecule has 4 heteroatoms. The van der Waals surface area contributed by atoms with Crippen molar-refractivity contribution in [2.45, 2.75) is 19.3 Å². The van der Waals surface area contributed by atoms with Crippen LogP contribution in [0.4, 0.5) is 0 Å². The molecule has 1 aromatic carbocycles. The Kier molecular flexibility index (Phi) is 5.24. The van der Waals surface area contributed by atoms with Crippen LogP contribution in [0.2, 0.25) is 0 Å². The molecule has 0 spiro atoms. The Bertz CT molecular complexity index is 425. The molecule has 0 saturated carbocycles. The maximum absolute atomic E-state index is 12.2. The maximum Gasteiger partial charge on any atom is 0.316 e. The first-order valence-electron chi connectivity index (χ1n) is 5.72. The molecule has 0 saturated heterocycles. The van der Waals surface area contributed by atoms with Crippen LogP contribution in [0.3, 0.4) is 0 Å². The quantitative estimate of drug-likeness (QED) is 0.437. The highest BCUT2D eigenvalue weighted by Gasteiger charge is 2.31. The van der Waals surface area contributed by atoms with E-state index < -0.39 is 17.8 Å². The van der Waals surface area contributed by atoms with E-state index in [1.54, 1.807) is 6.92 Å². The molecule has 0 heterocycles. The molecule has 0 N–H and O–H groups in total. The highest BCUT2D eigenvalue weighted by Crippen LogP contribution is 2.21. The molecule has 0 aliphatic heterocycles. The smallest absolute Gasteiger partial charge is 0.316 e. The summed E-state index contributed by atoms with van der Waals surface area (Å²) in [4.78, 5) is 34.2. The van der Waals surface area contributed by atoms with Gasteiger partial charge in [-0.3, -0.25) is 9.59 Å². The summed E-state index contributed by atoms with van der Waals surface area (Å²) >= 11 is 0. The number of ketones is 1. The SMILES string of the molecule is COC(=O)C(CC=O)C(=O)C(C)c1ccccc1. The average molecular weight is 248 g/mol. The van der Waals surface area contributed by atoms with E-state index in [4.69, 9.17) is 0 Å². The van der Waals surface area contributed by atoms with Crippen LogP contribution in [0, 0.1) is 5.92 Å². The van der Waals surface area contributed by atoms with Gasteiger partial charge in [0.25, 0.3) is 0 Å². The van der Waals surface area contributed by atoms with Crippen LogP contribution >= 0.6 is 0 Å². The highest BCUT2D eigenvalue weighted by molar-refractivity contribution is 6.03. The van der Waals surface area contributed by atoms with E-state index in [0.717, 1.165) is 5.56 Å². The average Bonchev–Trinajstić information content (AvgIpc) is 2.43. The van der Waals surface area contributed by atoms with Crippen LogP contribution < -0.4 is 0 Å². The molecule has 2 unspecified atom stereocenters. The van der Waals surface area contributed by atoms with Gasteiger partial charge >= 0.3 is 5.97 Å². The first-order chi connectivity index (χ1) is 8.61. The fraction of sp³-hybridized carbons (Fsp3) is 0.357. The Hall–Kier alpha value is -1.97. The zero-order valence-electron chi connectivity index (χ0n) is 10.5. The normalized spacial score (nSPS) is 13.4. The first-order valence-corrected chi connectivity index (χ1v) is 5.72. The number of Topliss-reactive ketones (excluding diaryl/α,β-unsaturated/α-hetero) is 1. The Morgan fingerprint density at radius 3 is 2.39 bits per heavy atom. The standard InChI is InChI=1S/C14H16O4/c1-10(11-6-4-3-5-7-11)13(16)12(8-9-15)14(17)18-2/h3-7,9-10,12H,8H2,1-2H3. The number of carbonyl (C=O) groups is 3. The second-order valence-electron chi connectivity index (χ2n) is 4.01. The highest BCUT2D eigenvalue weighted by atomic mass is 16.5. The van der Waals surface area contributed by atoms with E-state index in [-0.39, 0.29) is 12.2 Å². The molecular weight excluding hydrogens is 232 g/mol. The molecule has 2 atom stereocenters. The minimum absolute atomic E-state index is 0.136. The van der Waals surface area contributed by atoms with Gasteiger partial charge in [-0.1, -0.05) is 37.3 Å². The van der Waals surface area contributed by atoms with Crippen LogP contribution in [0.15, 0.2) is 30.3 Å². The minimum atomic E-state index is -1.01. The van der Waals surface area contributed by atoms with Gasteiger partial charge < -0.3 is 9.53 Å². The number of benzene rings is 1. The Morgan fingerprint density at radius 2 is 1.89 bits per heavy atom. The molecule has 1 aromatic rings. The number of hydrogen-bond donors (Lipinski definition) is 0. The predicted octanol–water partition coefficient (Wildman–Crippen LogP) is 1.74. The van der Waals surface area contributed by atoms with Crippen molar-refractivity contribution >= 4 is 18.0 Å². The zero-order valence-corrected chi connectivity index (χ0v) is 10.5. The van der Waals surface area contributed by atoms with Crippen molar-refractivity contribution in [3.63, 3.8) is 0 Å². The lowest BCUT2D eigenvalue weighted by molar-refractivity contribution is -0.150. The lowest BCUT2D eigenvalue weighted by Crippen LogP contribution is -2.29. The van der Waals surface area contributed by atoms with Gasteiger partial charge in [0, 0.05) is 12.3 Å². The molecule has 4 nitrogen and oxygen atoms in total. The van der Waals surface area contributed by atoms with Crippen LogP contribution in [0.5, 0.6) is 0 Å². The third kappa shape index (κ3) is 3.26. The van der Waals surface area contributed by atoms with E-state index in [9.17, 15) is 14.4 Å². The second kappa shape index (κ2) is 6.69. The number of ether oxygens (including phenoxy) is 1. The van der Waals surface area contributed by atoms with Gasteiger partial charge in [0.15, 0.2) is 5.78 Å². The molecule has 0 aliphatic rings. The summed E-state index contributed by atoms with van der Waals surface area (Å²) in [6, 6.07) is 9.14. The summed E-state index contributed by atoms with van der Waals surface area (Å²) in [6.07, 6.45) is 0.430. The molecule has 0 radical (unpaired) electrons. The fourth-order valence-electron chi connectivity index (χ4n) is 1.77. The molecule has 0 aromatic heterocycles. The van der Waals surface area contributed by atoms with Crippen molar-refractivity contribution in [2.24, 2.45) is 5.92 Å². The summed E-state index contributed by atoms with van der Waals surface area (Å²) in [5.41, 5.74) is 0.822. The molecule has 0 bridgehead atoms. The molecule has 0 amide bonds. The van der Waals surface area contributed by atoms with E-state index in [1.807, 2.05) is 30.3 Å². The van der Waals surface area contributed by atoms with Crippen LogP contribution in [-0.4, -0.2) is 25.1 Å². The van der Waals surface area contributed by atoms with Crippen molar-refractivity contribution in [1.29, 1.82) is 0 Å². The van der Waals surface area contributed by atoms with Gasteiger partial charge in [-0.2, -0.15) is 0 Å². The number of methoxy groups -OCH3 is 1. The van der Waals surface area contributed by atoms with Crippen LogP contribution in [0.1, 0.15) is 24.8 Å². The summed E-state index contributed by atoms with van der Waals surface area (Å²) in [7, 11) is 1.21. The van der Waals surface area contributed by atoms with Gasteiger partial charge in [-0.25, -0.2) is 0 Å². The molecule has 18 heavy (non-hydrogen) atoms. The number of aldehydes is 1.